The van der Waals surface area contributed by atoms with Gasteiger partial charge in [0.2, 0.25) is 5.91 Å². The van der Waals surface area contributed by atoms with Gasteiger partial charge in [0.1, 0.15) is 0 Å². The second-order valence-corrected chi connectivity index (χ2v) is 15.8. The monoisotopic (exact) mass is 698 g/mol. The maximum Gasteiger partial charge on any atom is 0.267 e. The minimum atomic E-state index is -4.34. The molecule has 0 aliphatic rings. The van der Waals surface area contributed by atoms with Gasteiger partial charge in [0.05, 0.1) is 17.9 Å². The number of carbonyl (C=O) groups is 1. The maximum absolute atomic E-state index is 12.5. The number of aliphatic hydroxyl groups excluding tert-OH is 1. The van der Waals surface area contributed by atoms with E-state index in [0.29, 0.717) is 6.42 Å². The largest absolute Gasteiger partial charge is 0.387 e. The Hall–Kier alpha value is -1.18. The van der Waals surface area contributed by atoms with E-state index in [1.54, 1.807) is 6.08 Å². The molecule has 2 atom stereocenters. The van der Waals surface area contributed by atoms with E-state index >= 15 is 0 Å². The van der Waals surface area contributed by atoms with E-state index in [0.717, 1.165) is 38.5 Å². The molecule has 0 aromatic heterocycles. The van der Waals surface area contributed by atoms with Gasteiger partial charge in [0.25, 0.3) is 10.1 Å². The first-order valence-corrected chi connectivity index (χ1v) is 22.1. The molecular formula is C41H79NO5S. The van der Waals surface area contributed by atoms with Gasteiger partial charge >= 0.3 is 0 Å². The third kappa shape index (κ3) is 36.1. The van der Waals surface area contributed by atoms with Gasteiger partial charge in [-0.2, -0.15) is 8.42 Å². The second-order valence-electron chi connectivity index (χ2n) is 14.3. The van der Waals surface area contributed by atoms with Crippen molar-refractivity contribution in [2.24, 2.45) is 0 Å². The fraction of sp³-hybridized carbons (Fsp3) is 0.878. The standard InChI is InChI=1S/C41H79NO5S/c1-3-5-7-9-11-13-15-17-19-20-21-22-23-25-27-29-31-33-35-37-41(44)42-39(38-48(45,46)47)40(43)36-34-32-30-28-26-24-18-16-14-12-10-8-6-4-2/h17,19,34,36,39-40,43H,3-16,18,20-33,35,37-38H2,1-2H3,(H,42,44)(H,45,46,47)/b19-17-,36-34+. The Morgan fingerprint density at radius 2 is 0.875 bits per heavy atom. The summed E-state index contributed by atoms with van der Waals surface area (Å²) in [6.07, 6.45) is 44.4. The Morgan fingerprint density at radius 3 is 1.25 bits per heavy atom. The lowest BCUT2D eigenvalue weighted by molar-refractivity contribution is -0.122. The zero-order valence-electron chi connectivity index (χ0n) is 31.6. The van der Waals surface area contributed by atoms with Crippen LogP contribution in [0.2, 0.25) is 0 Å². The Labute approximate surface area is 298 Å². The van der Waals surface area contributed by atoms with Crippen LogP contribution in [0.5, 0.6) is 0 Å². The van der Waals surface area contributed by atoms with Crippen molar-refractivity contribution in [2.45, 2.75) is 225 Å². The van der Waals surface area contributed by atoms with E-state index in [9.17, 15) is 22.9 Å². The van der Waals surface area contributed by atoms with Crippen LogP contribution < -0.4 is 5.32 Å². The third-order valence-electron chi connectivity index (χ3n) is 9.37. The number of rotatable bonds is 37. The van der Waals surface area contributed by atoms with Gasteiger partial charge in [0.15, 0.2) is 0 Å². The minimum absolute atomic E-state index is 0.280. The van der Waals surface area contributed by atoms with Crippen molar-refractivity contribution in [1.29, 1.82) is 0 Å². The number of nitrogens with one attached hydrogen (secondary N) is 1. The first-order valence-electron chi connectivity index (χ1n) is 20.5. The summed E-state index contributed by atoms with van der Waals surface area (Å²) in [6, 6.07) is -1.05. The van der Waals surface area contributed by atoms with Crippen LogP contribution in [0, 0.1) is 0 Å². The quantitative estimate of drug-likeness (QED) is 0.0340. The normalized spacial score (nSPS) is 13.5. The van der Waals surface area contributed by atoms with E-state index in [-0.39, 0.29) is 5.91 Å². The van der Waals surface area contributed by atoms with Gasteiger partial charge in [-0.1, -0.05) is 186 Å². The predicted molar refractivity (Wildman–Crippen MR) is 207 cm³/mol. The van der Waals surface area contributed by atoms with Crippen LogP contribution in [0.15, 0.2) is 24.3 Å². The van der Waals surface area contributed by atoms with Crippen LogP contribution in [-0.2, 0) is 14.9 Å². The fourth-order valence-corrected chi connectivity index (χ4v) is 7.00. The molecule has 0 spiro atoms. The molecule has 2 unspecified atom stereocenters. The van der Waals surface area contributed by atoms with Gasteiger partial charge in [-0.05, 0) is 44.9 Å². The summed E-state index contributed by atoms with van der Waals surface area (Å²) in [4.78, 5) is 12.5. The van der Waals surface area contributed by atoms with E-state index in [4.69, 9.17) is 0 Å². The smallest absolute Gasteiger partial charge is 0.267 e. The van der Waals surface area contributed by atoms with E-state index in [1.807, 2.05) is 6.08 Å². The van der Waals surface area contributed by atoms with Gasteiger partial charge in [-0.25, -0.2) is 0 Å². The Balaban J connectivity index is 3.89. The molecule has 0 bridgehead atoms. The number of allylic oxidation sites excluding steroid dienone is 3. The van der Waals surface area contributed by atoms with E-state index in [1.165, 1.54) is 154 Å². The number of unbranched alkanes of at least 4 members (excludes halogenated alkanes) is 27. The molecule has 1 amide bonds. The molecule has 0 aliphatic carbocycles. The molecule has 48 heavy (non-hydrogen) atoms. The molecule has 0 fully saturated rings. The lowest BCUT2D eigenvalue weighted by atomic mass is 10.0. The lowest BCUT2D eigenvalue weighted by Gasteiger charge is -2.21. The molecular weight excluding hydrogens is 619 g/mol. The molecule has 6 nitrogen and oxygen atoms in total. The average Bonchev–Trinajstić information content (AvgIpc) is 3.05. The highest BCUT2D eigenvalue weighted by atomic mass is 32.2. The summed E-state index contributed by atoms with van der Waals surface area (Å²) < 4.78 is 32.4. The second kappa shape index (κ2) is 35.6. The number of carbonyl (C=O) groups excluding carboxylic acids is 1. The highest BCUT2D eigenvalue weighted by molar-refractivity contribution is 7.85. The molecule has 0 rings (SSSR count). The fourth-order valence-electron chi connectivity index (χ4n) is 6.27. The first kappa shape index (κ1) is 46.8. The summed E-state index contributed by atoms with van der Waals surface area (Å²) in [5.74, 6) is -0.976. The summed E-state index contributed by atoms with van der Waals surface area (Å²) in [5, 5.41) is 13.2. The molecule has 284 valence electrons. The molecule has 0 aliphatic heterocycles. The molecule has 7 heteroatoms. The number of hydrogen-bond donors (Lipinski definition) is 3. The van der Waals surface area contributed by atoms with Crippen molar-refractivity contribution < 1.29 is 22.9 Å². The van der Waals surface area contributed by atoms with Crippen LogP contribution in [0.1, 0.15) is 213 Å². The lowest BCUT2D eigenvalue weighted by Crippen LogP contribution is -2.46. The number of hydrogen-bond acceptors (Lipinski definition) is 4. The SMILES string of the molecule is CCCCCCCC/C=C\CCCCCCCCCCCC(=O)NC(CS(=O)(=O)O)C(O)/C=C/CCCCCCCCCCCCCC. The molecule has 3 N–H and O–H groups in total. The van der Waals surface area contributed by atoms with Crippen molar-refractivity contribution in [3.63, 3.8) is 0 Å². The molecule has 0 aromatic rings. The number of amides is 1. The van der Waals surface area contributed by atoms with E-state index in [2.05, 4.69) is 31.3 Å². The summed E-state index contributed by atoms with van der Waals surface area (Å²) in [7, 11) is -4.34. The van der Waals surface area contributed by atoms with Crippen molar-refractivity contribution in [3.8, 4) is 0 Å². The van der Waals surface area contributed by atoms with Crippen molar-refractivity contribution in [3.05, 3.63) is 24.3 Å². The zero-order chi connectivity index (χ0) is 35.4. The van der Waals surface area contributed by atoms with Crippen LogP contribution in [-0.4, -0.2) is 41.9 Å². The average molecular weight is 698 g/mol. The van der Waals surface area contributed by atoms with Gasteiger partial charge in [0, 0.05) is 6.42 Å². The highest BCUT2D eigenvalue weighted by Gasteiger charge is 2.24. The third-order valence-corrected chi connectivity index (χ3v) is 10.2. The van der Waals surface area contributed by atoms with Crippen molar-refractivity contribution >= 4 is 16.0 Å². The summed E-state index contributed by atoms with van der Waals surface area (Å²) in [6.45, 7) is 4.52. The molecule has 0 saturated heterocycles. The molecule has 0 saturated carbocycles. The topological polar surface area (TPSA) is 104 Å². The van der Waals surface area contributed by atoms with Crippen molar-refractivity contribution in [1.82, 2.24) is 5.32 Å². The van der Waals surface area contributed by atoms with E-state index < -0.39 is 28.0 Å². The predicted octanol–water partition coefficient (Wildman–Crippen LogP) is 12.0. The van der Waals surface area contributed by atoms with Crippen LogP contribution in [0.3, 0.4) is 0 Å². The summed E-state index contributed by atoms with van der Waals surface area (Å²) >= 11 is 0. The van der Waals surface area contributed by atoms with Gasteiger partial charge < -0.3 is 10.4 Å². The Bertz CT molecular complexity index is 857. The molecule has 0 aromatic carbocycles. The Morgan fingerprint density at radius 1 is 0.542 bits per heavy atom. The minimum Gasteiger partial charge on any atom is -0.387 e. The summed E-state index contributed by atoms with van der Waals surface area (Å²) in [5.41, 5.74) is 0. The van der Waals surface area contributed by atoms with Crippen LogP contribution in [0.25, 0.3) is 0 Å². The Kier molecular flexibility index (Phi) is 34.8. The molecule has 0 radical (unpaired) electrons. The first-order chi connectivity index (χ1) is 23.3. The maximum atomic E-state index is 12.5. The van der Waals surface area contributed by atoms with Crippen LogP contribution in [0.4, 0.5) is 0 Å². The van der Waals surface area contributed by atoms with Gasteiger partial charge in [-0.3, -0.25) is 9.35 Å². The highest BCUT2D eigenvalue weighted by Crippen LogP contribution is 2.14. The van der Waals surface area contributed by atoms with Crippen molar-refractivity contribution in [2.75, 3.05) is 5.75 Å². The van der Waals surface area contributed by atoms with Crippen LogP contribution >= 0.6 is 0 Å². The number of aliphatic hydroxyl groups is 1. The zero-order valence-corrected chi connectivity index (χ0v) is 32.4. The van der Waals surface area contributed by atoms with Gasteiger partial charge in [-0.15, -0.1) is 0 Å². The molecule has 0 heterocycles.